The summed E-state index contributed by atoms with van der Waals surface area (Å²) in [6.45, 7) is 0.786. The van der Waals surface area contributed by atoms with Crippen molar-refractivity contribution in [3.05, 3.63) is 76.6 Å². The van der Waals surface area contributed by atoms with Gasteiger partial charge < -0.3 is 10.2 Å². The lowest BCUT2D eigenvalue weighted by Crippen LogP contribution is -2.17. The van der Waals surface area contributed by atoms with Gasteiger partial charge in [-0.3, -0.25) is 4.79 Å². The smallest absolute Gasteiger partial charge is 0.265 e. The fourth-order valence-electron chi connectivity index (χ4n) is 2.22. The summed E-state index contributed by atoms with van der Waals surface area (Å²) in [7, 11) is 2.00. The predicted molar refractivity (Wildman–Crippen MR) is 95.1 cm³/mol. The average molecular weight is 323 g/mol. The van der Waals surface area contributed by atoms with Gasteiger partial charge in [-0.25, -0.2) is 4.98 Å². The van der Waals surface area contributed by atoms with Crippen molar-refractivity contribution in [2.75, 3.05) is 17.3 Å². The molecule has 0 radical (unpaired) electrons. The summed E-state index contributed by atoms with van der Waals surface area (Å²) in [5, 5.41) is 4.73. The van der Waals surface area contributed by atoms with Crippen molar-refractivity contribution in [3.8, 4) is 0 Å². The Hall–Kier alpha value is -2.66. The molecule has 116 valence electrons. The maximum atomic E-state index is 12.0. The van der Waals surface area contributed by atoms with Crippen LogP contribution in [0.3, 0.4) is 0 Å². The molecule has 1 amide bonds. The number of amides is 1. The van der Waals surface area contributed by atoms with Gasteiger partial charge >= 0.3 is 0 Å². The van der Waals surface area contributed by atoms with Gasteiger partial charge in [-0.2, -0.15) is 0 Å². The van der Waals surface area contributed by atoms with Crippen molar-refractivity contribution in [2.24, 2.45) is 0 Å². The van der Waals surface area contributed by atoms with E-state index in [1.807, 2.05) is 48.8 Å². The van der Waals surface area contributed by atoms with Gasteiger partial charge in [0, 0.05) is 13.6 Å². The molecule has 23 heavy (non-hydrogen) atoms. The molecule has 1 aromatic carbocycles. The van der Waals surface area contributed by atoms with E-state index in [4.69, 9.17) is 0 Å². The van der Waals surface area contributed by atoms with E-state index in [0.717, 1.165) is 12.4 Å². The molecular formula is C18H17N3OS. The highest BCUT2D eigenvalue weighted by molar-refractivity contribution is 7.12. The lowest BCUT2D eigenvalue weighted by molar-refractivity contribution is 0.103. The number of thiophene rings is 1. The highest BCUT2D eigenvalue weighted by Crippen LogP contribution is 2.17. The van der Waals surface area contributed by atoms with Crippen LogP contribution in [0.4, 0.5) is 11.5 Å². The Morgan fingerprint density at radius 3 is 2.61 bits per heavy atom. The van der Waals surface area contributed by atoms with Crippen LogP contribution in [0.15, 0.2) is 66.2 Å². The zero-order valence-electron chi connectivity index (χ0n) is 12.8. The van der Waals surface area contributed by atoms with E-state index in [2.05, 4.69) is 27.3 Å². The molecule has 2 aromatic heterocycles. The number of hydrogen-bond acceptors (Lipinski definition) is 4. The Kier molecular flexibility index (Phi) is 4.68. The zero-order valence-corrected chi connectivity index (χ0v) is 13.6. The fraction of sp³-hybridized carbons (Fsp3) is 0.111. The van der Waals surface area contributed by atoms with Crippen molar-refractivity contribution in [1.82, 2.24) is 4.98 Å². The number of rotatable bonds is 5. The molecule has 3 rings (SSSR count). The monoisotopic (exact) mass is 323 g/mol. The minimum absolute atomic E-state index is 0.104. The Balaban J connectivity index is 1.63. The van der Waals surface area contributed by atoms with Gasteiger partial charge in [-0.15, -0.1) is 11.3 Å². The van der Waals surface area contributed by atoms with Gasteiger partial charge in [0.15, 0.2) is 0 Å². The number of carbonyl (C=O) groups excluding carboxylic acids is 1. The molecule has 0 unspecified atom stereocenters. The molecule has 1 N–H and O–H groups in total. The quantitative estimate of drug-likeness (QED) is 0.771. The van der Waals surface area contributed by atoms with Crippen LogP contribution >= 0.6 is 11.3 Å². The van der Waals surface area contributed by atoms with E-state index in [1.165, 1.54) is 16.9 Å². The Bertz CT molecular complexity index is 755. The Morgan fingerprint density at radius 1 is 1.13 bits per heavy atom. The Labute approximate surface area is 139 Å². The van der Waals surface area contributed by atoms with E-state index in [9.17, 15) is 4.79 Å². The normalized spacial score (nSPS) is 10.3. The van der Waals surface area contributed by atoms with Gasteiger partial charge in [0.1, 0.15) is 5.82 Å². The van der Waals surface area contributed by atoms with Crippen LogP contribution in [-0.2, 0) is 6.54 Å². The number of carbonyl (C=O) groups is 1. The number of pyridine rings is 1. The van der Waals surface area contributed by atoms with Gasteiger partial charge in [-0.1, -0.05) is 36.4 Å². The van der Waals surface area contributed by atoms with E-state index in [0.29, 0.717) is 10.6 Å². The molecule has 0 bridgehead atoms. The molecule has 3 aromatic rings. The molecule has 0 atom stereocenters. The fourth-order valence-corrected chi connectivity index (χ4v) is 2.84. The molecule has 0 saturated carbocycles. The summed E-state index contributed by atoms with van der Waals surface area (Å²) in [6.07, 6.45) is 1.68. The van der Waals surface area contributed by atoms with Crippen molar-refractivity contribution in [1.29, 1.82) is 0 Å². The summed E-state index contributed by atoms with van der Waals surface area (Å²) in [5.74, 6) is 0.759. The first-order valence-corrected chi connectivity index (χ1v) is 8.16. The second-order valence-corrected chi connectivity index (χ2v) is 6.13. The first-order valence-electron chi connectivity index (χ1n) is 7.28. The minimum Gasteiger partial charge on any atom is -0.355 e. The van der Waals surface area contributed by atoms with E-state index in [1.54, 1.807) is 12.3 Å². The predicted octanol–water partition coefficient (Wildman–Crippen LogP) is 4.03. The largest absolute Gasteiger partial charge is 0.355 e. The van der Waals surface area contributed by atoms with Gasteiger partial charge in [0.05, 0.1) is 16.8 Å². The van der Waals surface area contributed by atoms with Crippen molar-refractivity contribution in [3.63, 3.8) is 0 Å². The maximum Gasteiger partial charge on any atom is 0.265 e. The summed E-state index contributed by atoms with van der Waals surface area (Å²) >= 11 is 1.42. The zero-order chi connectivity index (χ0) is 16.1. The van der Waals surface area contributed by atoms with Crippen molar-refractivity contribution >= 4 is 28.7 Å². The van der Waals surface area contributed by atoms with Crippen LogP contribution in [0.1, 0.15) is 15.2 Å². The third-order valence-electron chi connectivity index (χ3n) is 3.40. The summed E-state index contributed by atoms with van der Waals surface area (Å²) in [6, 6.07) is 17.7. The number of nitrogens with one attached hydrogen (secondary N) is 1. The maximum absolute atomic E-state index is 12.0. The minimum atomic E-state index is -0.104. The average Bonchev–Trinajstić information content (AvgIpc) is 3.11. The highest BCUT2D eigenvalue weighted by Gasteiger charge is 2.08. The Morgan fingerprint density at radius 2 is 1.96 bits per heavy atom. The van der Waals surface area contributed by atoms with Gasteiger partial charge in [0.2, 0.25) is 0 Å². The van der Waals surface area contributed by atoms with Crippen LogP contribution in [0.5, 0.6) is 0 Å². The molecule has 0 aliphatic carbocycles. The highest BCUT2D eigenvalue weighted by atomic mass is 32.1. The summed E-state index contributed by atoms with van der Waals surface area (Å²) in [4.78, 5) is 19.2. The topological polar surface area (TPSA) is 45.2 Å². The number of hydrogen-bond donors (Lipinski definition) is 1. The van der Waals surface area contributed by atoms with Crippen molar-refractivity contribution < 1.29 is 4.79 Å². The molecule has 5 heteroatoms. The number of nitrogens with zero attached hydrogens (tertiary/aromatic N) is 2. The lowest BCUT2D eigenvalue weighted by Gasteiger charge is -2.18. The SMILES string of the molecule is CN(Cc1ccccc1)c1ccc(NC(=O)c2cccs2)cn1. The summed E-state index contributed by atoms with van der Waals surface area (Å²) < 4.78 is 0. The lowest BCUT2D eigenvalue weighted by atomic mass is 10.2. The van der Waals surface area contributed by atoms with Crippen LogP contribution in [-0.4, -0.2) is 17.9 Å². The molecule has 0 aliphatic heterocycles. The molecular weight excluding hydrogens is 306 g/mol. The van der Waals surface area contributed by atoms with Crippen LogP contribution in [0.25, 0.3) is 0 Å². The van der Waals surface area contributed by atoms with Crippen LogP contribution in [0, 0.1) is 0 Å². The molecule has 0 spiro atoms. The third-order valence-corrected chi connectivity index (χ3v) is 4.27. The standard InChI is InChI=1S/C18H17N3OS/c1-21(13-14-6-3-2-4-7-14)17-10-9-15(12-19-17)20-18(22)16-8-5-11-23-16/h2-12H,13H2,1H3,(H,20,22). The van der Waals surface area contributed by atoms with E-state index in [-0.39, 0.29) is 5.91 Å². The van der Waals surface area contributed by atoms with E-state index < -0.39 is 0 Å². The molecule has 2 heterocycles. The van der Waals surface area contributed by atoms with Crippen LogP contribution in [0.2, 0.25) is 0 Å². The number of benzene rings is 1. The number of anilines is 2. The molecule has 4 nitrogen and oxygen atoms in total. The molecule has 0 saturated heterocycles. The van der Waals surface area contributed by atoms with Crippen molar-refractivity contribution in [2.45, 2.75) is 6.54 Å². The first kappa shape index (κ1) is 15.2. The summed E-state index contributed by atoms with van der Waals surface area (Å²) in [5.41, 5.74) is 1.92. The molecule has 0 fully saturated rings. The van der Waals surface area contributed by atoms with Crippen LogP contribution < -0.4 is 10.2 Å². The second-order valence-electron chi connectivity index (χ2n) is 5.18. The third kappa shape index (κ3) is 3.96. The van der Waals surface area contributed by atoms with E-state index >= 15 is 0 Å². The first-order chi connectivity index (χ1) is 11.2. The van der Waals surface area contributed by atoms with Gasteiger partial charge in [0.25, 0.3) is 5.91 Å². The second kappa shape index (κ2) is 7.07. The number of aromatic nitrogens is 1. The van der Waals surface area contributed by atoms with Gasteiger partial charge in [-0.05, 0) is 29.1 Å². The molecule has 0 aliphatic rings.